The van der Waals surface area contributed by atoms with Gasteiger partial charge in [0.1, 0.15) is 17.5 Å². The molecule has 1 atom stereocenters. The summed E-state index contributed by atoms with van der Waals surface area (Å²) in [5.74, 6) is 0.630. The smallest absolute Gasteiger partial charge is 0.321 e. The van der Waals surface area contributed by atoms with Crippen molar-refractivity contribution in [3.8, 4) is 11.5 Å². The number of piperidine rings is 1. The molecule has 35 heavy (non-hydrogen) atoms. The van der Waals surface area contributed by atoms with E-state index < -0.39 is 6.04 Å². The largest absolute Gasteiger partial charge is 0.497 e. The van der Waals surface area contributed by atoms with Crippen molar-refractivity contribution in [2.45, 2.75) is 38.3 Å². The van der Waals surface area contributed by atoms with Crippen molar-refractivity contribution in [2.24, 2.45) is 0 Å². The molecule has 4 amide bonds. The second-order valence-electron chi connectivity index (χ2n) is 8.39. The minimum absolute atomic E-state index is 0.103. The topological polar surface area (TPSA) is 109 Å². The second-order valence-corrected chi connectivity index (χ2v) is 8.82. The number of likely N-dealkylation sites (tertiary alicyclic amines) is 1. The molecule has 3 rings (SSSR count). The number of rotatable bonds is 8. The summed E-state index contributed by atoms with van der Waals surface area (Å²) in [5, 5.41) is 9.15. The van der Waals surface area contributed by atoms with Crippen LogP contribution in [0.25, 0.3) is 0 Å². The Bertz CT molecular complexity index is 1030. The van der Waals surface area contributed by atoms with Crippen LogP contribution in [0.4, 0.5) is 10.5 Å². The van der Waals surface area contributed by atoms with Crippen molar-refractivity contribution in [1.82, 2.24) is 15.5 Å². The molecule has 1 saturated heterocycles. The first-order valence-electron chi connectivity index (χ1n) is 11.4. The van der Waals surface area contributed by atoms with E-state index in [1.807, 2.05) is 12.1 Å². The first kappa shape index (κ1) is 26.2. The lowest BCUT2D eigenvalue weighted by Crippen LogP contribution is -2.53. The molecule has 0 aliphatic carbocycles. The van der Waals surface area contributed by atoms with Crippen molar-refractivity contribution < 1.29 is 23.9 Å². The van der Waals surface area contributed by atoms with Gasteiger partial charge in [-0.1, -0.05) is 17.7 Å². The molecule has 1 aliphatic heterocycles. The SMILES string of the molecule is COc1cc(C[C@@H](NC(C)=O)C(=O)NC2CCN(C(=O)Nc3cccc(Cl)c3)CC2)cc(OC)c1. The van der Waals surface area contributed by atoms with E-state index in [4.69, 9.17) is 21.1 Å². The second kappa shape index (κ2) is 12.3. The maximum atomic E-state index is 13.1. The van der Waals surface area contributed by atoms with E-state index in [-0.39, 0.29) is 30.3 Å². The van der Waals surface area contributed by atoms with Gasteiger partial charge in [-0.3, -0.25) is 9.59 Å². The Hall–Kier alpha value is -3.46. The molecule has 1 heterocycles. The molecular formula is C25H31ClN4O5. The summed E-state index contributed by atoms with van der Waals surface area (Å²) in [5.41, 5.74) is 1.42. The first-order chi connectivity index (χ1) is 16.8. The zero-order valence-electron chi connectivity index (χ0n) is 20.1. The lowest BCUT2D eigenvalue weighted by Gasteiger charge is -2.33. The van der Waals surface area contributed by atoms with Gasteiger partial charge in [-0.2, -0.15) is 0 Å². The van der Waals surface area contributed by atoms with Crippen LogP contribution in [0.15, 0.2) is 42.5 Å². The molecule has 0 radical (unpaired) electrons. The third-order valence-electron chi connectivity index (χ3n) is 5.75. The number of methoxy groups -OCH3 is 2. The quantitative estimate of drug-likeness (QED) is 0.513. The van der Waals surface area contributed by atoms with Crippen LogP contribution in [0.2, 0.25) is 5.02 Å². The van der Waals surface area contributed by atoms with E-state index in [9.17, 15) is 14.4 Å². The van der Waals surface area contributed by atoms with Gasteiger partial charge in [0.05, 0.1) is 14.2 Å². The Kier molecular flexibility index (Phi) is 9.19. The lowest BCUT2D eigenvalue weighted by molar-refractivity contribution is -0.128. The van der Waals surface area contributed by atoms with E-state index in [1.54, 1.807) is 49.5 Å². The molecule has 9 nitrogen and oxygen atoms in total. The Balaban J connectivity index is 1.57. The van der Waals surface area contributed by atoms with Gasteiger partial charge in [0.15, 0.2) is 0 Å². The number of hydrogen-bond donors (Lipinski definition) is 3. The summed E-state index contributed by atoms with van der Waals surface area (Å²) >= 11 is 5.98. The van der Waals surface area contributed by atoms with Gasteiger partial charge in [-0.05, 0) is 48.7 Å². The molecule has 0 unspecified atom stereocenters. The monoisotopic (exact) mass is 502 g/mol. The molecule has 3 N–H and O–H groups in total. The van der Waals surface area contributed by atoms with Gasteiger partial charge in [0.2, 0.25) is 11.8 Å². The molecule has 0 bridgehead atoms. The molecule has 0 aromatic heterocycles. The van der Waals surface area contributed by atoms with E-state index in [2.05, 4.69) is 16.0 Å². The summed E-state index contributed by atoms with van der Waals surface area (Å²) in [4.78, 5) is 39.1. The molecule has 188 valence electrons. The van der Waals surface area contributed by atoms with Crippen molar-refractivity contribution in [1.29, 1.82) is 0 Å². The van der Waals surface area contributed by atoms with Gasteiger partial charge in [-0.15, -0.1) is 0 Å². The third-order valence-corrected chi connectivity index (χ3v) is 5.98. The van der Waals surface area contributed by atoms with Crippen LogP contribution < -0.4 is 25.4 Å². The normalized spacial score (nSPS) is 14.6. The maximum Gasteiger partial charge on any atom is 0.321 e. The number of nitrogens with one attached hydrogen (secondary N) is 3. The molecule has 1 fully saturated rings. The predicted molar refractivity (Wildman–Crippen MR) is 134 cm³/mol. The van der Waals surface area contributed by atoms with E-state index in [0.29, 0.717) is 48.1 Å². The molecular weight excluding hydrogens is 472 g/mol. The van der Waals surface area contributed by atoms with Gasteiger partial charge in [0.25, 0.3) is 0 Å². The minimum atomic E-state index is -0.756. The Morgan fingerprint density at radius 3 is 2.29 bits per heavy atom. The Morgan fingerprint density at radius 1 is 1.06 bits per heavy atom. The van der Waals surface area contributed by atoms with Crippen LogP contribution in [-0.4, -0.2) is 62.1 Å². The fourth-order valence-electron chi connectivity index (χ4n) is 3.97. The number of amides is 4. The van der Waals surface area contributed by atoms with Crippen LogP contribution in [0, 0.1) is 0 Å². The first-order valence-corrected chi connectivity index (χ1v) is 11.8. The van der Waals surface area contributed by atoms with Crippen LogP contribution in [0.3, 0.4) is 0 Å². The highest BCUT2D eigenvalue weighted by atomic mass is 35.5. The molecule has 2 aromatic carbocycles. The lowest BCUT2D eigenvalue weighted by atomic mass is 10.0. The molecule has 2 aromatic rings. The Labute approximate surface area is 210 Å². The van der Waals surface area contributed by atoms with Crippen LogP contribution in [-0.2, 0) is 16.0 Å². The number of ether oxygens (including phenoxy) is 2. The number of halogens is 1. The third kappa shape index (κ3) is 7.78. The fraction of sp³-hybridized carbons (Fsp3) is 0.400. The van der Waals surface area contributed by atoms with Gasteiger partial charge < -0.3 is 30.3 Å². The zero-order chi connectivity index (χ0) is 25.4. The van der Waals surface area contributed by atoms with E-state index in [0.717, 1.165) is 5.56 Å². The highest BCUT2D eigenvalue weighted by molar-refractivity contribution is 6.30. The molecule has 10 heteroatoms. The summed E-state index contributed by atoms with van der Waals surface area (Å²) in [6.45, 7) is 2.37. The predicted octanol–water partition coefficient (Wildman–Crippen LogP) is 3.22. The maximum absolute atomic E-state index is 13.1. The van der Waals surface area contributed by atoms with Crippen molar-refractivity contribution in [2.75, 3.05) is 32.6 Å². The zero-order valence-corrected chi connectivity index (χ0v) is 20.9. The Morgan fingerprint density at radius 2 is 1.71 bits per heavy atom. The number of urea groups is 1. The number of carbonyl (C=O) groups excluding carboxylic acids is 3. The summed E-state index contributed by atoms with van der Waals surface area (Å²) in [6.07, 6.45) is 1.49. The average molecular weight is 503 g/mol. The van der Waals surface area contributed by atoms with E-state index in [1.165, 1.54) is 6.92 Å². The number of benzene rings is 2. The number of hydrogen-bond acceptors (Lipinski definition) is 5. The van der Waals surface area contributed by atoms with Crippen molar-refractivity contribution in [3.63, 3.8) is 0 Å². The average Bonchev–Trinajstić information content (AvgIpc) is 2.83. The van der Waals surface area contributed by atoms with E-state index >= 15 is 0 Å². The minimum Gasteiger partial charge on any atom is -0.497 e. The molecule has 0 saturated carbocycles. The summed E-state index contributed by atoms with van der Waals surface area (Å²) < 4.78 is 10.6. The summed E-state index contributed by atoms with van der Waals surface area (Å²) in [7, 11) is 3.11. The van der Waals surface area contributed by atoms with Crippen LogP contribution in [0.1, 0.15) is 25.3 Å². The van der Waals surface area contributed by atoms with Gasteiger partial charge in [0, 0.05) is 49.3 Å². The highest BCUT2D eigenvalue weighted by Crippen LogP contribution is 2.23. The van der Waals surface area contributed by atoms with Crippen LogP contribution in [0.5, 0.6) is 11.5 Å². The van der Waals surface area contributed by atoms with Gasteiger partial charge in [-0.25, -0.2) is 4.79 Å². The number of anilines is 1. The van der Waals surface area contributed by atoms with Crippen LogP contribution >= 0.6 is 11.6 Å². The molecule has 1 aliphatic rings. The number of carbonyl (C=O) groups is 3. The standard InChI is InChI=1S/C25H31ClN4O5/c1-16(31)27-23(13-17-11-21(34-2)15-22(12-17)35-3)24(32)28-19-7-9-30(10-8-19)25(33)29-20-6-4-5-18(26)14-20/h4-6,11-12,14-15,19,23H,7-10,13H2,1-3H3,(H,27,31)(H,28,32)(H,29,33)/t23-/m1/s1. The summed E-state index contributed by atoms with van der Waals surface area (Å²) in [6, 6.07) is 11.3. The molecule has 0 spiro atoms. The van der Waals surface area contributed by atoms with Crippen molar-refractivity contribution >= 4 is 35.1 Å². The van der Waals surface area contributed by atoms with Gasteiger partial charge >= 0.3 is 6.03 Å². The number of nitrogens with zero attached hydrogens (tertiary/aromatic N) is 1. The fourth-order valence-corrected chi connectivity index (χ4v) is 4.16. The highest BCUT2D eigenvalue weighted by Gasteiger charge is 2.27. The van der Waals surface area contributed by atoms with Crippen molar-refractivity contribution in [3.05, 3.63) is 53.1 Å².